The summed E-state index contributed by atoms with van der Waals surface area (Å²) in [7, 11) is -3.00. The molecule has 13 heavy (non-hydrogen) atoms. The lowest BCUT2D eigenvalue weighted by atomic mass is 9.87. The first-order chi connectivity index (χ1) is 5.97. The predicted molar refractivity (Wildman–Crippen MR) is 50.7 cm³/mol. The summed E-state index contributed by atoms with van der Waals surface area (Å²) in [6, 6.07) is 0.388. The molecule has 1 saturated heterocycles. The summed E-state index contributed by atoms with van der Waals surface area (Å²) >= 11 is 0. The van der Waals surface area contributed by atoms with Gasteiger partial charge in [0.05, 0.1) is 6.26 Å². The number of hydrogen-bond acceptors (Lipinski definition) is 3. The van der Waals surface area contributed by atoms with Crippen LogP contribution >= 0.6 is 0 Å². The molecule has 4 nitrogen and oxygen atoms in total. The van der Waals surface area contributed by atoms with Crippen molar-refractivity contribution >= 4 is 10.0 Å². The maximum atomic E-state index is 11.4. The van der Waals surface area contributed by atoms with Crippen LogP contribution in [0, 0.1) is 5.92 Å². The number of fused-ring (bicyclic) bond motifs is 2. The van der Waals surface area contributed by atoms with Gasteiger partial charge in [0.1, 0.15) is 0 Å². The van der Waals surface area contributed by atoms with E-state index in [0.29, 0.717) is 12.5 Å². The van der Waals surface area contributed by atoms with Crippen molar-refractivity contribution in [2.45, 2.75) is 31.3 Å². The Morgan fingerprint density at radius 1 is 1.31 bits per heavy atom. The topological polar surface area (TPSA) is 63.4 Å². The van der Waals surface area contributed by atoms with E-state index in [9.17, 15) is 8.42 Å². The molecule has 1 aliphatic heterocycles. The average Bonchev–Trinajstić information content (AvgIpc) is 2.24. The molecule has 0 spiro atoms. The van der Waals surface area contributed by atoms with Crippen LogP contribution < -0.4 is 5.73 Å². The van der Waals surface area contributed by atoms with E-state index in [0.717, 1.165) is 19.3 Å². The summed E-state index contributed by atoms with van der Waals surface area (Å²) in [6.45, 7) is 0.692. The summed E-state index contributed by atoms with van der Waals surface area (Å²) in [6.07, 6.45) is 4.13. The van der Waals surface area contributed by atoms with Crippen LogP contribution in [0.1, 0.15) is 19.3 Å². The minimum Gasteiger partial charge on any atom is -0.328 e. The maximum Gasteiger partial charge on any atom is 0.211 e. The van der Waals surface area contributed by atoms with Gasteiger partial charge in [-0.1, -0.05) is 0 Å². The summed E-state index contributed by atoms with van der Waals surface area (Å²) in [5.74, 6) is 0.503. The van der Waals surface area contributed by atoms with Crippen molar-refractivity contribution < 1.29 is 8.42 Å². The molecule has 2 aliphatic rings. The van der Waals surface area contributed by atoms with Crippen molar-refractivity contribution in [1.82, 2.24) is 4.31 Å². The normalized spacial score (nSPS) is 40.9. The van der Waals surface area contributed by atoms with E-state index in [2.05, 4.69) is 0 Å². The Hall–Kier alpha value is -0.130. The zero-order chi connectivity index (χ0) is 9.64. The summed E-state index contributed by atoms with van der Waals surface area (Å²) in [4.78, 5) is 0. The number of rotatable bonds is 1. The Morgan fingerprint density at radius 3 is 2.62 bits per heavy atom. The minimum absolute atomic E-state index is 0.184. The van der Waals surface area contributed by atoms with Crippen LogP contribution in [0.4, 0.5) is 0 Å². The minimum atomic E-state index is -3.00. The van der Waals surface area contributed by atoms with Crippen molar-refractivity contribution in [3.63, 3.8) is 0 Å². The molecule has 2 rings (SSSR count). The summed E-state index contributed by atoms with van der Waals surface area (Å²) < 4.78 is 24.4. The second-order valence-electron chi connectivity index (χ2n) is 4.32. The van der Waals surface area contributed by atoms with Gasteiger partial charge in [0, 0.05) is 18.6 Å². The van der Waals surface area contributed by atoms with Crippen molar-refractivity contribution in [3.05, 3.63) is 0 Å². The van der Waals surface area contributed by atoms with E-state index in [-0.39, 0.29) is 12.1 Å². The third-order valence-corrected chi connectivity index (χ3v) is 4.39. The number of hydrogen-bond donors (Lipinski definition) is 1. The Bertz CT molecular complexity index is 301. The fourth-order valence-corrected chi connectivity index (χ4v) is 3.84. The second kappa shape index (κ2) is 2.93. The van der Waals surface area contributed by atoms with Gasteiger partial charge in [-0.2, -0.15) is 4.31 Å². The van der Waals surface area contributed by atoms with Gasteiger partial charge in [-0.15, -0.1) is 0 Å². The van der Waals surface area contributed by atoms with Crippen molar-refractivity contribution in [2.75, 3.05) is 12.8 Å². The predicted octanol–water partition coefficient (Wildman–Crippen LogP) is -0.242. The molecule has 2 bridgehead atoms. The van der Waals surface area contributed by atoms with Gasteiger partial charge in [-0.25, -0.2) is 8.42 Å². The van der Waals surface area contributed by atoms with Crippen LogP contribution in [-0.2, 0) is 10.0 Å². The van der Waals surface area contributed by atoms with E-state index in [1.807, 2.05) is 0 Å². The Balaban J connectivity index is 2.19. The fourth-order valence-electron chi connectivity index (χ4n) is 2.65. The van der Waals surface area contributed by atoms with Gasteiger partial charge < -0.3 is 5.73 Å². The Morgan fingerprint density at radius 2 is 2.00 bits per heavy atom. The molecule has 2 N–H and O–H groups in total. The lowest BCUT2D eigenvalue weighted by Gasteiger charge is -2.26. The standard InChI is InChI=1S/C8H16N2O2S/c1-13(11,12)10-5-6-2-7(9)4-8(10)3-6/h6-8H,2-5,9H2,1H3. The van der Waals surface area contributed by atoms with Crippen LogP contribution in [0.2, 0.25) is 0 Å². The molecule has 1 aliphatic carbocycles. The maximum absolute atomic E-state index is 11.4. The van der Waals surface area contributed by atoms with E-state index in [1.165, 1.54) is 6.26 Å². The molecule has 0 radical (unpaired) electrons. The van der Waals surface area contributed by atoms with Gasteiger partial charge in [0.25, 0.3) is 0 Å². The van der Waals surface area contributed by atoms with Gasteiger partial charge in [0.15, 0.2) is 0 Å². The van der Waals surface area contributed by atoms with Crippen LogP contribution in [0.15, 0.2) is 0 Å². The van der Waals surface area contributed by atoms with Crippen molar-refractivity contribution in [3.8, 4) is 0 Å². The van der Waals surface area contributed by atoms with Gasteiger partial charge in [0.2, 0.25) is 10.0 Å². The number of sulfonamides is 1. The molecule has 0 amide bonds. The molecule has 76 valence electrons. The van der Waals surface area contributed by atoms with E-state index < -0.39 is 10.0 Å². The summed E-state index contributed by atoms with van der Waals surface area (Å²) in [5, 5.41) is 0. The molecule has 3 unspecified atom stereocenters. The first-order valence-corrected chi connectivity index (χ1v) is 6.54. The fraction of sp³-hybridized carbons (Fsp3) is 1.00. The molecular weight excluding hydrogens is 188 g/mol. The van der Waals surface area contributed by atoms with E-state index in [1.54, 1.807) is 4.31 Å². The molecule has 2 fully saturated rings. The second-order valence-corrected chi connectivity index (χ2v) is 6.25. The van der Waals surface area contributed by atoms with Crippen LogP contribution in [0.3, 0.4) is 0 Å². The SMILES string of the molecule is CS(=O)(=O)N1CC2CC(N)CC1C2. The van der Waals surface area contributed by atoms with Gasteiger partial charge in [-0.3, -0.25) is 0 Å². The van der Waals surface area contributed by atoms with Crippen molar-refractivity contribution in [1.29, 1.82) is 0 Å². The average molecular weight is 204 g/mol. The van der Waals surface area contributed by atoms with Crippen LogP contribution in [0.5, 0.6) is 0 Å². The highest BCUT2D eigenvalue weighted by molar-refractivity contribution is 7.88. The monoisotopic (exact) mass is 204 g/mol. The highest BCUT2D eigenvalue weighted by Gasteiger charge is 2.42. The Kier molecular flexibility index (Phi) is 2.13. The lowest BCUT2D eigenvalue weighted by molar-refractivity contribution is 0.330. The zero-order valence-electron chi connectivity index (χ0n) is 7.81. The number of nitrogens with zero attached hydrogens (tertiary/aromatic N) is 1. The Labute approximate surface area is 79.1 Å². The molecule has 1 saturated carbocycles. The first kappa shape index (κ1) is 9.43. The molecular formula is C8H16N2O2S. The van der Waals surface area contributed by atoms with E-state index in [4.69, 9.17) is 5.73 Å². The van der Waals surface area contributed by atoms with Gasteiger partial charge in [-0.05, 0) is 25.2 Å². The summed E-state index contributed by atoms with van der Waals surface area (Å²) in [5.41, 5.74) is 5.84. The first-order valence-electron chi connectivity index (χ1n) is 4.69. The van der Waals surface area contributed by atoms with Crippen LogP contribution in [0.25, 0.3) is 0 Å². The molecule has 5 heteroatoms. The smallest absolute Gasteiger partial charge is 0.211 e. The molecule has 0 aromatic heterocycles. The third kappa shape index (κ3) is 1.73. The van der Waals surface area contributed by atoms with E-state index >= 15 is 0 Å². The largest absolute Gasteiger partial charge is 0.328 e. The molecule has 0 aromatic rings. The lowest BCUT2D eigenvalue weighted by Crippen LogP contribution is -2.38. The zero-order valence-corrected chi connectivity index (χ0v) is 8.63. The quantitative estimate of drug-likeness (QED) is 0.641. The molecule has 3 atom stereocenters. The molecule has 0 aromatic carbocycles. The molecule has 1 heterocycles. The number of nitrogens with two attached hydrogens (primary N) is 1. The van der Waals surface area contributed by atoms with Crippen molar-refractivity contribution in [2.24, 2.45) is 11.7 Å². The third-order valence-electron chi connectivity index (χ3n) is 3.09. The highest BCUT2D eigenvalue weighted by atomic mass is 32.2. The van der Waals surface area contributed by atoms with Crippen LogP contribution in [-0.4, -0.2) is 37.6 Å². The highest BCUT2D eigenvalue weighted by Crippen LogP contribution is 2.36. The van der Waals surface area contributed by atoms with Gasteiger partial charge >= 0.3 is 0 Å².